The van der Waals surface area contributed by atoms with E-state index in [4.69, 9.17) is 4.52 Å². The molecule has 2 heterocycles. The maximum absolute atomic E-state index is 4.91. The smallest absolute Gasteiger partial charge is 0.223 e. The summed E-state index contributed by atoms with van der Waals surface area (Å²) < 4.78 is 6.71. The van der Waals surface area contributed by atoms with Gasteiger partial charge in [0.15, 0.2) is 5.82 Å². The third-order valence-corrected chi connectivity index (χ3v) is 2.59. The molecule has 0 bridgehead atoms. The summed E-state index contributed by atoms with van der Waals surface area (Å²) in [7, 11) is 1.91. The first-order valence-electron chi connectivity index (χ1n) is 5.66. The van der Waals surface area contributed by atoms with Crippen molar-refractivity contribution in [2.45, 2.75) is 26.3 Å². The van der Waals surface area contributed by atoms with Crippen LogP contribution in [-0.4, -0.2) is 26.5 Å². The zero-order valence-electron chi connectivity index (χ0n) is 10.3. The van der Waals surface area contributed by atoms with Crippen molar-refractivity contribution in [1.29, 1.82) is 0 Å². The van der Waals surface area contributed by atoms with Gasteiger partial charge in [-0.1, -0.05) is 5.16 Å². The molecule has 1 N–H and O–H groups in total. The third-order valence-electron chi connectivity index (χ3n) is 2.59. The van der Waals surface area contributed by atoms with Crippen LogP contribution in [0.25, 0.3) is 0 Å². The van der Waals surface area contributed by atoms with E-state index in [0.29, 0.717) is 5.89 Å². The first kappa shape index (κ1) is 11.8. The molecule has 1 unspecified atom stereocenters. The first-order valence-corrected chi connectivity index (χ1v) is 5.66. The van der Waals surface area contributed by atoms with Crippen LogP contribution in [0.4, 0.5) is 0 Å². The number of nitrogens with zero attached hydrogens (tertiary/aromatic N) is 4. The molecule has 0 spiro atoms. The van der Waals surface area contributed by atoms with E-state index in [2.05, 4.69) is 27.5 Å². The monoisotopic (exact) mass is 235 g/mol. The van der Waals surface area contributed by atoms with Crippen molar-refractivity contribution in [3.63, 3.8) is 0 Å². The van der Waals surface area contributed by atoms with Gasteiger partial charge in [-0.15, -0.1) is 0 Å². The zero-order chi connectivity index (χ0) is 12.3. The molecule has 0 radical (unpaired) electrons. The predicted octanol–water partition coefficient (Wildman–Crippen LogP) is 1.00. The largest absolute Gasteiger partial charge is 0.340 e. The van der Waals surface area contributed by atoms with E-state index >= 15 is 0 Å². The van der Waals surface area contributed by atoms with Crippen LogP contribution in [0, 0.1) is 6.92 Å². The highest BCUT2D eigenvalue weighted by molar-refractivity contribution is 5.08. The molecule has 0 saturated heterocycles. The van der Waals surface area contributed by atoms with Crippen LogP contribution in [0.1, 0.15) is 30.2 Å². The van der Waals surface area contributed by atoms with E-state index in [1.54, 1.807) is 11.6 Å². The van der Waals surface area contributed by atoms with Gasteiger partial charge in [-0.25, -0.2) is 0 Å². The number of aryl methyl sites for hydroxylation is 2. The van der Waals surface area contributed by atoms with Crippen LogP contribution < -0.4 is 5.32 Å². The van der Waals surface area contributed by atoms with Gasteiger partial charge < -0.3 is 9.84 Å². The normalized spacial score (nSPS) is 12.9. The van der Waals surface area contributed by atoms with Crippen molar-refractivity contribution < 1.29 is 4.52 Å². The third kappa shape index (κ3) is 3.13. The molecule has 0 aliphatic carbocycles. The molecule has 0 aromatic carbocycles. The molecular weight excluding hydrogens is 218 g/mol. The Morgan fingerprint density at radius 3 is 2.94 bits per heavy atom. The van der Waals surface area contributed by atoms with Gasteiger partial charge in [0.25, 0.3) is 0 Å². The average Bonchev–Trinajstić information content (AvgIpc) is 2.88. The quantitative estimate of drug-likeness (QED) is 0.837. The summed E-state index contributed by atoms with van der Waals surface area (Å²) >= 11 is 0. The Morgan fingerprint density at radius 1 is 1.53 bits per heavy atom. The Morgan fingerprint density at radius 2 is 2.35 bits per heavy atom. The number of hydrogen-bond donors (Lipinski definition) is 1. The molecule has 6 heteroatoms. The highest BCUT2D eigenvalue weighted by Crippen LogP contribution is 2.09. The first-order chi connectivity index (χ1) is 8.15. The van der Waals surface area contributed by atoms with E-state index in [-0.39, 0.29) is 6.04 Å². The van der Waals surface area contributed by atoms with E-state index in [0.717, 1.165) is 18.8 Å². The molecule has 2 aromatic rings. The fourth-order valence-electron chi connectivity index (χ4n) is 1.62. The van der Waals surface area contributed by atoms with Gasteiger partial charge in [0.2, 0.25) is 5.89 Å². The van der Waals surface area contributed by atoms with E-state index < -0.39 is 0 Å². The lowest BCUT2D eigenvalue weighted by Gasteiger charge is -2.10. The second kappa shape index (κ2) is 5.09. The summed E-state index contributed by atoms with van der Waals surface area (Å²) in [5.74, 6) is 1.36. The molecule has 6 nitrogen and oxygen atoms in total. The lowest BCUT2D eigenvalue weighted by atomic mass is 10.2. The topological polar surface area (TPSA) is 68.8 Å². The van der Waals surface area contributed by atoms with Gasteiger partial charge in [-0.2, -0.15) is 10.1 Å². The number of aromatic nitrogens is 4. The summed E-state index contributed by atoms with van der Waals surface area (Å²) in [6.45, 7) is 4.72. The fourth-order valence-corrected chi connectivity index (χ4v) is 1.62. The van der Waals surface area contributed by atoms with E-state index in [1.165, 1.54) is 5.56 Å². The lowest BCUT2D eigenvalue weighted by molar-refractivity contribution is 0.386. The van der Waals surface area contributed by atoms with Crippen molar-refractivity contribution in [3.05, 3.63) is 29.7 Å². The molecular formula is C11H17N5O. The fraction of sp³-hybridized carbons (Fsp3) is 0.545. The van der Waals surface area contributed by atoms with Crippen molar-refractivity contribution in [1.82, 2.24) is 25.2 Å². The van der Waals surface area contributed by atoms with E-state index in [9.17, 15) is 0 Å². The Kier molecular flexibility index (Phi) is 3.53. The van der Waals surface area contributed by atoms with E-state index in [1.807, 2.05) is 19.4 Å². The average molecular weight is 235 g/mol. The highest BCUT2D eigenvalue weighted by Gasteiger charge is 2.07. The summed E-state index contributed by atoms with van der Waals surface area (Å²) in [6, 6.07) is 0.275. The Labute approximate surface area is 100 Å². The molecule has 1 atom stereocenters. The SMILES string of the molecule is Cc1nc(CCNC(C)c2cnn(C)c2)no1. The van der Waals surface area contributed by atoms with Crippen LogP contribution in [0.3, 0.4) is 0 Å². The van der Waals surface area contributed by atoms with Crippen molar-refractivity contribution >= 4 is 0 Å². The van der Waals surface area contributed by atoms with Crippen molar-refractivity contribution in [3.8, 4) is 0 Å². The molecule has 0 aliphatic heterocycles. The molecule has 0 aliphatic rings. The van der Waals surface area contributed by atoms with Crippen LogP contribution in [0.15, 0.2) is 16.9 Å². The predicted molar refractivity (Wildman–Crippen MR) is 62.4 cm³/mol. The highest BCUT2D eigenvalue weighted by atomic mass is 16.5. The van der Waals surface area contributed by atoms with Gasteiger partial charge in [-0.3, -0.25) is 4.68 Å². The standard InChI is InChI=1S/C11H17N5O/c1-8(10-6-13-16(3)7-10)12-5-4-11-14-9(2)17-15-11/h6-8,12H,4-5H2,1-3H3. The second-order valence-corrected chi connectivity index (χ2v) is 4.10. The number of hydrogen-bond acceptors (Lipinski definition) is 5. The molecule has 0 fully saturated rings. The van der Waals surface area contributed by atoms with Gasteiger partial charge in [-0.05, 0) is 6.92 Å². The van der Waals surface area contributed by atoms with Gasteiger partial charge in [0, 0.05) is 44.7 Å². The maximum atomic E-state index is 4.91. The minimum atomic E-state index is 0.275. The zero-order valence-corrected chi connectivity index (χ0v) is 10.3. The Balaban J connectivity index is 1.78. The van der Waals surface area contributed by atoms with Crippen LogP contribution in [0.5, 0.6) is 0 Å². The summed E-state index contributed by atoms with van der Waals surface area (Å²) in [6.07, 6.45) is 4.65. The molecule has 0 saturated carbocycles. The Bertz CT molecular complexity index is 476. The number of rotatable bonds is 5. The maximum Gasteiger partial charge on any atom is 0.223 e. The molecule has 0 amide bonds. The van der Waals surface area contributed by atoms with Crippen LogP contribution in [-0.2, 0) is 13.5 Å². The minimum Gasteiger partial charge on any atom is -0.340 e. The lowest BCUT2D eigenvalue weighted by Crippen LogP contribution is -2.21. The van der Waals surface area contributed by atoms with Gasteiger partial charge >= 0.3 is 0 Å². The summed E-state index contributed by atoms with van der Waals surface area (Å²) in [5, 5.41) is 11.4. The Hall–Kier alpha value is -1.69. The molecule has 2 rings (SSSR count). The number of nitrogens with one attached hydrogen (secondary N) is 1. The van der Waals surface area contributed by atoms with Crippen LogP contribution in [0.2, 0.25) is 0 Å². The minimum absolute atomic E-state index is 0.275. The molecule has 17 heavy (non-hydrogen) atoms. The van der Waals surface area contributed by atoms with Gasteiger partial charge in [0.05, 0.1) is 6.20 Å². The second-order valence-electron chi connectivity index (χ2n) is 4.10. The molecule has 2 aromatic heterocycles. The van der Waals surface area contributed by atoms with Gasteiger partial charge in [0.1, 0.15) is 0 Å². The van der Waals surface area contributed by atoms with Crippen LogP contribution >= 0.6 is 0 Å². The van der Waals surface area contributed by atoms with Crippen molar-refractivity contribution in [2.24, 2.45) is 7.05 Å². The molecule has 92 valence electrons. The summed E-state index contributed by atoms with van der Waals surface area (Å²) in [4.78, 5) is 4.15. The summed E-state index contributed by atoms with van der Waals surface area (Å²) in [5.41, 5.74) is 1.18. The van der Waals surface area contributed by atoms with Crippen molar-refractivity contribution in [2.75, 3.05) is 6.54 Å².